The maximum Gasteiger partial charge on any atom is 0.263 e. The van der Waals surface area contributed by atoms with Crippen molar-refractivity contribution in [2.75, 3.05) is 46.5 Å². The molecule has 370 valence electrons. The fraction of sp³-hybridized carbons (Fsp3) is 0.415. The van der Waals surface area contributed by atoms with Gasteiger partial charge in [0.15, 0.2) is 29.8 Å². The van der Waals surface area contributed by atoms with E-state index in [9.17, 15) is 10.1 Å². The van der Waals surface area contributed by atoms with Gasteiger partial charge in [0, 0.05) is 19.2 Å². The summed E-state index contributed by atoms with van der Waals surface area (Å²) >= 11 is 0. The number of nitrogens with one attached hydrogen (secondary N) is 1. The number of nitriles is 1. The van der Waals surface area contributed by atoms with Gasteiger partial charge >= 0.3 is 0 Å². The summed E-state index contributed by atoms with van der Waals surface area (Å²) in [5, 5.41) is 12.4. The number of imidazole rings is 1. The summed E-state index contributed by atoms with van der Waals surface area (Å²) in [7, 11) is 3.07. The summed E-state index contributed by atoms with van der Waals surface area (Å²) in [4.78, 5) is 27.0. The zero-order valence-electron chi connectivity index (χ0n) is 41.6. The van der Waals surface area contributed by atoms with E-state index in [4.69, 9.17) is 42.5 Å². The first-order valence-corrected chi connectivity index (χ1v) is 24.5. The largest absolute Gasteiger partial charge is 0.497 e. The third kappa shape index (κ3) is 11.6. The van der Waals surface area contributed by atoms with Crippen molar-refractivity contribution < 1.29 is 42.3 Å². The molecule has 1 N–H and O–H groups in total. The third-order valence-electron chi connectivity index (χ3n) is 12.1. The molecule has 0 radical (unpaired) electrons. The number of carbonyl (C=O) groups is 1. The molecule has 16 nitrogen and oxygen atoms in total. The Bertz CT molecular complexity index is 2600. The van der Waals surface area contributed by atoms with Crippen molar-refractivity contribution in [1.82, 2.24) is 24.2 Å². The van der Waals surface area contributed by atoms with Gasteiger partial charge in [0.1, 0.15) is 47.5 Å². The lowest BCUT2D eigenvalue weighted by Gasteiger charge is -2.39. The molecular formula is C53H64N7O9P. The Hall–Kier alpha value is -6.02. The highest BCUT2D eigenvalue weighted by atomic mass is 31.2. The number of hydrogen-bond acceptors (Lipinski definition) is 14. The number of carbonyl (C=O) groups excluding carboxylic acids is 1. The van der Waals surface area contributed by atoms with Crippen LogP contribution in [0.5, 0.6) is 17.2 Å². The Morgan fingerprint density at radius 1 is 0.800 bits per heavy atom. The van der Waals surface area contributed by atoms with E-state index in [-0.39, 0.29) is 49.6 Å². The minimum absolute atomic E-state index is 0.0133. The van der Waals surface area contributed by atoms with E-state index in [1.54, 1.807) is 32.2 Å². The highest BCUT2D eigenvalue weighted by Gasteiger charge is 2.51. The number of anilines is 1. The molecule has 5 atom stereocenters. The van der Waals surface area contributed by atoms with E-state index < -0.39 is 44.6 Å². The molecular weight excluding hydrogens is 910 g/mol. The van der Waals surface area contributed by atoms with E-state index in [0.717, 1.165) is 22.3 Å². The molecule has 0 spiro atoms. The second kappa shape index (κ2) is 23.3. The second-order valence-electron chi connectivity index (χ2n) is 18.4. The van der Waals surface area contributed by atoms with E-state index >= 15 is 0 Å². The monoisotopic (exact) mass is 973 g/mol. The van der Waals surface area contributed by atoms with Crippen LogP contribution in [0.3, 0.4) is 0 Å². The average molecular weight is 974 g/mol. The van der Waals surface area contributed by atoms with E-state index in [1.807, 2.05) is 103 Å². The Kier molecular flexibility index (Phi) is 17.2. The SMILES string of the molecule is COc1ccc(C(OC[C@H]2O[C@@H](n3cnc4c(NC(=O)COc5ccc(C(C)(C)C)cc5)ncnc43)C(OC)[C@@H]2OP(OCCC#N)N(C(C)C)C(C)C)(c2ccccc2)c2ccc(OC)cc2)cc1. The van der Waals surface area contributed by atoms with Crippen molar-refractivity contribution in [3.63, 3.8) is 0 Å². The van der Waals surface area contributed by atoms with Gasteiger partial charge in [-0.2, -0.15) is 5.26 Å². The van der Waals surface area contributed by atoms with Gasteiger partial charge in [-0.05, 0) is 91.8 Å². The fourth-order valence-corrected chi connectivity index (χ4v) is 10.4. The van der Waals surface area contributed by atoms with Crippen LogP contribution in [0.1, 0.15) is 83.4 Å². The maximum atomic E-state index is 13.3. The molecule has 2 aromatic heterocycles. The molecule has 70 heavy (non-hydrogen) atoms. The summed E-state index contributed by atoms with van der Waals surface area (Å²) < 4.78 is 55.4. The van der Waals surface area contributed by atoms with Gasteiger partial charge in [0.2, 0.25) is 0 Å². The molecule has 0 aliphatic carbocycles. The number of amides is 1. The number of benzene rings is 4. The first-order valence-electron chi connectivity index (χ1n) is 23.3. The standard InChI is InChI=1S/C53H64N7O9P/c1-35(2)60(36(3)4)70(67-30-14-29-54)69-47-44(31-66-53(38-15-12-11-13-16-38,39-19-23-41(62-8)24-20-39)40-21-25-42(63-9)26-22-40)68-51(48(47)64-10)59-34-57-46-49(55-33-56-50(46)59)58-45(61)32-65-43-27-17-37(18-28-43)52(5,6)7/h11-13,15-28,33-36,44,47-48,51H,14,30-32H2,1-10H3,(H,55,56,58,61)/t44-,47-,48?,51-,70?/m1/s1. The number of aromatic nitrogens is 4. The van der Waals surface area contributed by atoms with Crippen molar-refractivity contribution in [3.8, 4) is 23.3 Å². The summed E-state index contributed by atoms with van der Waals surface area (Å²) in [6.45, 7) is 14.6. The molecule has 1 fully saturated rings. The number of nitrogens with zero attached hydrogens (tertiary/aromatic N) is 6. The number of methoxy groups -OCH3 is 3. The molecule has 1 amide bonds. The molecule has 17 heteroatoms. The van der Waals surface area contributed by atoms with Gasteiger partial charge in [-0.3, -0.25) is 9.36 Å². The summed E-state index contributed by atoms with van der Waals surface area (Å²) in [5.74, 6) is 1.73. The zero-order valence-corrected chi connectivity index (χ0v) is 42.5. The van der Waals surface area contributed by atoms with Crippen LogP contribution in [0.15, 0.2) is 116 Å². The predicted molar refractivity (Wildman–Crippen MR) is 268 cm³/mol. The van der Waals surface area contributed by atoms with Gasteiger partial charge in [0.05, 0.1) is 46.3 Å². The Labute approximate surface area is 412 Å². The molecule has 6 aromatic rings. The fourth-order valence-electron chi connectivity index (χ4n) is 8.62. The highest BCUT2D eigenvalue weighted by Crippen LogP contribution is 2.51. The zero-order chi connectivity index (χ0) is 50.0. The lowest BCUT2D eigenvalue weighted by atomic mass is 9.80. The molecule has 0 bridgehead atoms. The number of rotatable bonds is 22. The summed E-state index contributed by atoms with van der Waals surface area (Å²) in [6.07, 6.45) is -0.140. The van der Waals surface area contributed by atoms with Crippen LogP contribution in [0.4, 0.5) is 5.82 Å². The van der Waals surface area contributed by atoms with Crippen LogP contribution in [-0.4, -0.2) is 102 Å². The minimum atomic E-state index is -1.79. The highest BCUT2D eigenvalue weighted by molar-refractivity contribution is 7.44. The van der Waals surface area contributed by atoms with Gasteiger partial charge in [-0.15, -0.1) is 0 Å². The smallest absolute Gasteiger partial charge is 0.263 e. The van der Waals surface area contributed by atoms with Crippen molar-refractivity contribution in [2.24, 2.45) is 0 Å². The first-order chi connectivity index (χ1) is 33.7. The summed E-state index contributed by atoms with van der Waals surface area (Å²) in [6, 6.07) is 35.5. The third-order valence-corrected chi connectivity index (χ3v) is 14.2. The van der Waals surface area contributed by atoms with Gasteiger partial charge in [0.25, 0.3) is 14.4 Å². The Balaban J connectivity index is 1.26. The first kappa shape index (κ1) is 51.8. The average Bonchev–Trinajstić information content (AvgIpc) is 3.95. The molecule has 1 saturated heterocycles. The lowest BCUT2D eigenvalue weighted by Crippen LogP contribution is -2.42. The van der Waals surface area contributed by atoms with Gasteiger partial charge in [-0.1, -0.05) is 87.5 Å². The molecule has 1 aliphatic rings. The van der Waals surface area contributed by atoms with Crippen molar-refractivity contribution in [2.45, 2.75) is 103 Å². The van der Waals surface area contributed by atoms with Crippen LogP contribution in [0.25, 0.3) is 11.2 Å². The van der Waals surface area contributed by atoms with E-state index in [2.05, 4.69) is 74.5 Å². The maximum absolute atomic E-state index is 13.3. The Morgan fingerprint density at radius 3 is 1.94 bits per heavy atom. The van der Waals surface area contributed by atoms with Crippen molar-refractivity contribution >= 4 is 31.4 Å². The van der Waals surface area contributed by atoms with E-state index in [0.29, 0.717) is 28.4 Å². The molecule has 1 aliphatic heterocycles. The second-order valence-corrected chi connectivity index (χ2v) is 19.8. The van der Waals surface area contributed by atoms with Crippen LogP contribution in [-0.2, 0) is 39.1 Å². The normalized spacial score (nSPS) is 17.8. The molecule has 7 rings (SSSR count). The van der Waals surface area contributed by atoms with Crippen molar-refractivity contribution in [1.29, 1.82) is 5.26 Å². The minimum Gasteiger partial charge on any atom is -0.497 e. The predicted octanol–water partition coefficient (Wildman–Crippen LogP) is 9.74. The quantitative estimate of drug-likeness (QED) is 0.0387. The summed E-state index contributed by atoms with van der Waals surface area (Å²) in [5.41, 5.74) is 3.20. The lowest BCUT2D eigenvalue weighted by molar-refractivity contribution is -0.118. The Morgan fingerprint density at radius 2 is 1.39 bits per heavy atom. The number of fused-ring (bicyclic) bond motifs is 1. The molecule has 0 saturated carbocycles. The van der Waals surface area contributed by atoms with Crippen LogP contribution in [0.2, 0.25) is 0 Å². The van der Waals surface area contributed by atoms with Crippen molar-refractivity contribution in [3.05, 3.63) is 138 Å². The topological polar surface area (TPSA) is 174 Å². The molecule has 2 unspecified atom stereocenters. The van der Waals surface area contributed by atoms with Crippen LogP contribution < -0.4 is 19.5 Å². The van der Waals surface area contributed by atoms with Gasteiger partial charge in [-0.25, -0.2) is 19.6 Å². The molecule has 4 aromatic carbocycles. The number of hydrogen-bond donors (Lipinski definition) is 1. The van der Waals surface area contributed by atoms with E-state index in [1.165, 1.54) is 6.33 Å². The van der Waals surface area contributed by atoms with Crippen LogP contribution in [0, 0.1) is 11.3 Å². The number of ether oxygens (including phenoxy) is 6. The molecule has 3 heterocycles. The van der Waals surface area contributed by atoms with Crippen LogP contribution >= 0.6 is 8.53 Å². The van der Waals surface area contributed by atoms with Gasteiger partial charge < -0.3 is 42.8 Å².